The standard InChI is InChI=1S/C21H31ClO2S/c1-20-9-3-4-17(20)16-6-5-14-12-15(24-19(25)23-13-22)7-11-21(14,2)18(16)8-10-20/h5,15-18H,3-4,6-13H2,1-2H3/t15-,16-,17-,18-,20-,21-/m0/s1. The lowest BCUT2D eigenvalue weighted by Crippen LogP contribution is -2.49. The summed E-state index contributed by atoms with van der Waals surface area (Å²) in [7, 11) is 0. The van der Waals surface area contributed by atoms with Gasteiger partial charge in [0, 0.05) is 18.6 Å². The zero-order chi connectivity index (χ0) is 17.7. The maximum absolute atomic E-state index is 5.83. The molecule has 2 nitrogen and oxygen atoms in total. The first kappa shape index (κ1) is 18.1. The first-order valence-corrected chi connectivity index (χ1v) is 11.0. The average Bonchev–Trinajstić information content (AvgIpc) is 2.97. The fraction of sp³-hybridized carbons (Fsp3) is 0.857. The van der Waals surface area contributed by atoms with Crippen LogP contribution in [0.5, 0.6) is 0 Å². The Bertz CT molecular complexity index is 576. The Morgan fingerprint density at radius 3 is 2.84 bits per heavy atom. The lowest BCUT2D eigenvalue weighted by Gasteiger charge is -2.57. The molecule has 0 radical (unpaired) electrons. The van der Waals surface area contributed by atoms with Crippen LogP contribution in [0.25, 0.3) is 0 Å². The number of hydrogen-bond donors (Lipinski definition) is 0. The van der Waals surface area contributed by atoms with Gasteiger partial charge in [0.05, 0.1) is 0 Å². The summed E-state index contributed by atoms with van der Waals surface area (Å²) < 4.78 is 10.9. The molecule has 0 aliphatic heterocycles. The van der Waals surface area contributed by atoms with E-state index in [0.717, 1.165) is 30.6 Å². The van der Waals surface area contributed by atoms with Gasteiger partial charge in [-0.05, 0) is 73.5 Å². The van der Waals surface area contributed by atoms with Crippen LogP contribution >= 0.6 is 23.8 Å². The zero-order valence-electron chi connectivity index (χ0n) is 15.6. The normalized spacial score (nSPS) is 45.6. The van der Waals surface area contributed by atoms with Gasteiger partial charge in [-0.1, -0.05) is 43.5 Å². The maximum atomic E-state index is 5.83. The predicted molar refractivity (Wildman–Crippen MR) is 106 cm³/mol. The van der Waals surface area contributed by atoms with Gasteiger partial charge in [0.2, 0.25) is 0 Å². The summed E-state index contributed by atoms with van der Waals surface area (Å²) in [5, 5.41) is 0.206. The molecule has 0 N–H and O–H groups in total. The van der Waals surface area contributed by atoms with E-state index in [1.165, 1.54) is 44.9 Å². The summed E-state index contributed by atoms with van der Waals surface area (Å²) in [5.41, 5.74) is 2.64. The minimum absolute atomic E-state index is 0.0654. The molecule has 0 saturated heterocycles. The van der Waals surface area contributed by atoms with E-state index in [1.807, 2.05) is 0 Å². The third-order valence-electron chi connectivity index (χ3n) is 8.28. The van der Waals surface area contributed by atoms with E-state index in [9.17, 15) is 0 Å². The largest absolute Gasteiger partial charge is 0.453 e. The maximum Gasteiger partial charge on any atom is 0.353 e. The first-order chi connectivity index (χ1) is 12.0. The summed E-state index contributed by atoms with van der Waals surface area (Å²) >= 11 is 10.7. The molecule has 0 aromatic carbocycles. The van der Waals surface area contributed by atoms with E-state index >= 15 is 0 Å². The topological polar surface area (TPSA) is 18.5 Å². The quantitative estimate of drug-likeness (QED) is 0.320. The minimum atomic E-state index is 0.0654. The molecule has 6 atom stereocenters. The number of rotatable bonds is 2. The first-order valence-electron chi connectivity index (χ1n) is 10.1. The molecule has 4 aliphatic carbocycles. The molecule has 140 valence electrons. The van der Waals surface area contributed by atoms with Crippen molar-refractivity contribution in [1.29, 1.82) is 0 Å². The fourth-order valence-corrected chi connectivity index (χ4v) is 7.29. The van der Waals surface area contributed by atoms with Crippen molar-refractivity contribution in [3.63, 3.8) is 0 Å². The van der Waals surface area contributed by atoms with Gasteiger partial charge < -0.3 is 9.47 Å². The van der Waals surface area contributed by atoms with Gasteiger partial charge >= 0.3 is 5.24 Å². The Morgan fingerprint density at radius 1 is 1.20 bits per heavy atom. The second-order valence-corrected chi connectivity index (χ2v) is 9.88. The second-order valence-electron chi connectivity index (χ2n) is 9.33. The third kappa shape index (κ3) is 3.04. The van der Waals surface area contributed by atoms with Gasteiger partial charge in [0.25, 0.3) is 0 Å². The molecular formula is C21H31ClO2S. The van der Waals surface area contributed by atoms with Crippen LogP contribution in [0.1, 0.15) is 71.6 Å². The van der Waals surface area contributed by atoms with Gasteiger partial charge in [-0.15, -0.1) is 0 Å². The highest BCUT2D eigenvalue weighted by atomic mass is 35.5. The van der Waals surface area contributed by atoms with Crippen molar-refractivity contribution in [2.75, 3.05) is 6.07 Å². The Kier molecular flexibility index (Phi) is 4.86. The Balaban J connectivity index is 1.50. The van der Waals surface area contributed by atoms with E-state index in [0.29, 0.717) is 10.8 Å². The van der Waals surface area contributed by atoms with Crippen LogP contribution in [-0.4, -0.2) is 17.4 Å². The van der Waals surface area contributed by atoms with Gasteiger partial charge in [0.15, 0.2) is 6.07 Å². The minimum Gasteiger partial charge on any atom is -0.453 e. The molecule has 4 rings (SSSR count). The molecule has 3 fully saturated rings. The van der Waals surface area contributed by atoms with Crippen LogP contribution in [0.2, 0.25) is 0 Å². The Hall–Kier alpha value is -0.280. The van der Waals surface area contributed by atoms with Crippen LogP contribution in [0.3, 0.4) is 0 Å². The van der Waals surface area contributed by atoms with E-state index in [-0.39, 0.29) is 17.4 Å². The smallest absolute Gasteiger partial charge is 0.353 e. The SMILES string of the molecule is C[C@@]12CCC[C@H]1[C@@H]1CC=C3C[C@@H](OC(=S)OCCl)CC[C@]3(C)[C@H]1CC2. The van der Waals surface area contributed by atoms with Crippen molar-refractivity contribution in [2.45, 2.75) is 77.7 Å². The van der Waals surface area contributed by atoms with Crippen LogP contribution in [0.15, 0.2) is 11.6 Å². The van der Waals surface area contributed by atoms with Crippen LogP contribution in [0, 0.1) is 28.6 Å². The number of alkyl halides is 1. The molecule has 0 heterocycles. The molecule has 0 aromatic heterocycles. The van der Waals surface area contributed by atoms with E-state index in [1.54, 1.807) is 5.57 Å². The van der Waals surface area contributed by atoms with Crippen LogP contribution in [0.4, 0.5) is 0 Å². The molecule has 0 spiro atoms. The number of fused-ring (bicyclic) bond motifs is 5. The zero-order valence-corrected chi connectivity index (χ0v) is 17.1. The summed E-state index contributed by atoms with van der Waals surface area (Å²) in [4.78, 5) is 0. The van der Waals surface area contributed by atoms with Crippen molar-refractivity contribution < 1.29 is 9.47 Å². The molecule has 0 amide bonds. The summed E-state index contributed by atoms with van der Waals surface area (Å²) in [6.07, 6.45) is 14.6. The lowest BCUT2D eigenvalue weighted by molar-refractivity contribution is -0.0365. The molecule has 4 aliphatic rings. The average molecular weight is 383 g/mol. The lowest BCUT2D eigenvalue weighted by atomic mass is 9.48. The number of ether oxygens (including phenoxy) is 2. The summed E-state index contributed by atoms with van der Waals surface area (Å²) in [6, 6.07) is 0.0654. The molecule has 0 aromatic rings. The third-order valence-corrected chi connectivity index (χ3v) is 8.60. The fourth-order valence-electron chi connectivity index (χ4n) is 6.94. The highest BCUT2D eigenvalue weighted by molar-refractivity contribution is 7.79. The number of hydrogen-bond acceptors (Lipinski definition) is 3. The Morgan fingerprint density at radius 2 is 2.04 bits per heavy atom. The van der Waals surface area contributed by atoms with Crippen molar-refractivity contribution >= 4 is 29.1 Å². The van der Waals surface area contributed by atoms with E-state index < -0.39 is 0 Å². The molecule has 0 unspecified atom stereocenters. The second kappa shape index (κ2) is 6.71. The number of thiocarbonyl (C=S) groups is 1. The van der Waals surface area contributed by atoms with E-state index in [4.69, 9.17) is 33.3 Å². The van der Waals surface area contributed by atoms with Gasteiger partial charge in [-0.2, -0.15) is 0 Å². The van der Waals surface area contributed by atoms with Crippen molar-refractivity contribution in [1.82, 2.24) is 0 Å². The predicted octanol–water partition coefficient (Wildman–Crippen LogP) is 6.22. The van der Waals surface area contributed by atoms with Crippen LogP contribution < -0.4 is 0 Å². The highest BCUT2D eigenvalue weighted by Crippen LogP contribution is 2.64. The molecule has 25 heavy (non-hydrogen) atoms. The van der Waals surface area contributed by atoms with Gasteiger partial charge in [-0.3, -0.25) is 0 Å². The summed E-state index contributed by atoms with van der Waals surface area (Å²) in [6.45, 7) is 5.11. The molecular weight excluding hydrogens is 352 g/mol. The van der Waals surface area contributed by atoms with Crippen molar-refractivity contribution in [3.05, 3.63) is 11.6 Å². The van der Waals surface area contributed by atoms with E-state index in [2.05, 4.69) is 19.9 Å². The molecule has 3 saturated carbocycles. The van der Waals surface area contributed by atoms with Crippen molar-refractivity contribution in [3.8, 4) is 0 Å². The monoisotopic (exact) mass is 382 g/mol. The molecule has 4 heteroatoms. The summed E-state index contributed by atoms with van der Waals surface area (Å²) in [5.74, 6) is 2.74. The Labute approximate surface area is 162 Å². The van der Waals surface area contributed by atoms with Crippen molar-refractivity contribution in [2.24, 2.45) is 28.6 Å². The van der Waals surface area contributed by atoms with Crippen LogP contribution in [-0.2, 0) is 9.47 Å². The number of allylic oxidation sites excluding steroid dienone is 1. The van der Waals surface area contributed by atoms with Gasteiger partial charge in [0.1, 0.15) is 6.10 Å². The highest BCUT2D eigenvalue weighted by Gasteiger charge is 2.55. The molecule has 0 bridgehead atoms. The van der Waals surface area contributed by atoms with Gasteiger partial charge in [-0.25, -0.2) is 0 Å². The number of halogens is 1.